The molecule has 768 valence electrons. The number of carbonyl (C=O) groups excluding carboxylic acids is 7. The maximum Gasteiger partial charge on any atom is 0.230 e. The fourth-order valence-electron chi connectivity index (χ4n) is 16.8. The Bertz CT molecular complexity index is 6310. The van der Waals surface area contributed by atoms with E-state index < -0.39 is 5.82 Å². The SMILES string of the molecule is CC(C)n1cccc1C(=O)C[C@@H](C)c1c(F)cccc1Cl.CC(C)n1cccc1C(=O)C[C@H](C)c1c(F)cccc1Cl.CC(CC(=O)c1cccn1C(C)C)c1c(F)cccc1Cl.CCCCC(CC(=O)c1cccn1C(C)C)c1c(F)cccc1Cl.CCn1c(Br)ccc1C(=O)CCc1c(F)cccc1Cl.Cn1cccc1C(=O)CCc1c(F)cccc1Cl.[C-]#[N+]c1ccc(C(=O)CCc2c(F)cccc2Cl)n1C. The van der Waals surface area contributed by atoms with Crippen LogP contribution in [0, 0.1) is 47.3 Å². The molecule has 2 unspecified atom stereocenters. The summed E-state index contributed by atoms with van der Waals surface area (Å²) in [6, 6.07) is 58.0. The van der Waals surface area contributed by atoms with Crippen LogP contribution in [0.1, 0.15) is 314 Å². The van der Waals surface area contributed by atoms with Crippen molar-refractivity contribution in [2.75, 3.05) is 0 Å². The first-order valence-corrected chi connectivity index (χ1v) is 51.2. The summed E-state index contributed by atoms with van der Waals surface area (Å²) in [5.74, 6) is -3.24. The van der Waals surface area contributed by atoms with E-state index in [2.05, 4.69) is 27.7 Å². The van der Waals surface area contributed by atoms with Crippen LogP contribution in [0.3, 0.4) is 0 Å². The second-order valence-electron chi connectivity index (χ2n) is 36.1. The molecule has 0 fully saturated rings. The van der Waals surface area contributed by atoms with Crippen LogP contribution in [-0.4, -0.2) is 72.5 Å². The number of unbranched alkanes of at least 4 members (excludes halogenated alkanes) is 1. The Morgan fingerprint density at radius 2 is 0.607 bits per heavy atom. The minimum Gasteiger partial charge on any atom is -0.364 e. The molecule has 14 rings (SSSR count). The van der Waals surface area contributed by atoms with Gasteiger partial charge in [0.25, 0.3) is 0 Å². The number of benzene rings is 7. The summed E-state index contributed by atoms with van der Waals surface area (Å²) in [5, 5.41) is 2.58. The second kappa shape index (κ2) is 57.7. The molecule has 0 saturated carbocycles. The fraction of sp³-hybridized carbons (Fsp3) is 0.322. The number of hydrogen-bond donors (Lipinski definition) is 0. The molecule has 0 aliphatic rings. The van der Waals surface area contributed by atoms with Gasteiger partial charge < -0.3 is 32.2 Å². The van der Waals surface area contributed by atoms with Crippen molar-refractivity contribution in [3.05, 3.63) is 414 Å². The zero-order valence-electron chi connectivity index (χ0n) is 83.7. The van der Waals surface area contributed by atoms with Crippen molar-refractivity contribution >= 4 is 143 Å². The lowest BCUT2D eigenvalue weighted by molar-refractivity contribution is 0.0953. The summed E-state index contributed by atoms with van der Waals surface area (Å²) < 4.78 is 111. The Balaban J connectivity index is 0.000000207. The largest absolute Gasteiger partial charge is 0.364 e. The predicted molar refractivity (Wildman–Crippen MR) is 575 cm³/mol. The topological polar surface area (TPSA) is 158 Å². The smallest absolute Gasteiger partial charge is 0.230 e. The Hall–Kier alpha value is -11.3. The van der Waals surface area contributed by atoms with Crippen LogP contribution in [0.5, 0.6) is 0 Å². The van der Waals surface area contributed by atoms with Crippen molar-refractivity contribution in [3.8, 4) is 0 Å². The van der Waals surface area contributed by atoms with E-state index in [1.54, 1.807) is 133 Å². The Labute approximate surface area is 888 Å². The molecule has 0 amide bonds. The van der Waals surface area contributed by atoms with Crippen LogP contribution in [0.2, 0.25) is 35.2 Å². The van der Waals surface area contributed by atoms with E-state index in [0.29, 0.717) is 139 Å². The monoisotopic (exact) mass is 2180 g/mol. The number of aryl methyl sites for hydroxylation is 1. The highest BCUT2D eigenvalue weighted by molar-refractivity contribution is 9.10. The molecule has 0 aliphatic heterocycles. The van der Waals surface area contributed by atoms with Crippen molar-refractivity contribution in [2.24, 2.45) is 14.1 Å². The Morgan fingerprint density at radius 3 is 0.890 bits per heavy atom. The summed E-state index contributed by atoms with van der Waals surface area (Å²) in [7, 11) is 3.47. The molecule has 0 radical (unpaired) electrons. The maximum atomic E-state index is 14.3. The van der Waals surface area contributed by atoms with Gasteiger partial charge in [-0.1, -0.05) is 171 Å². The van der Waals surface area contributed by atoms with Crippen LogP contribution >= 0.6 is 97.1 Å². The molecule has 0 N–H and O–H groups in total. The second-order valence-corrected chi connectivity index (χ2v) is 39.7. The number of Topliss-reactive ketones (excluding diaryl/α,β-unsaturated/α-hetero) is 7. The van der Waals surface area contributed by atoms with Gasteiger partial charge >= 0.3 is 0 Å². The first-order valence-electron chi connectivity index (χ1n) is 47.8. The van der Waals surface area contributed by atoms with Crippen molar-refractivity contribution in [1.29, 1.82) is 0 Å². The molecular formula is C115H121BrCl7F7N8O7. The van der Waals surface area contributed by atoms with Gasteiger partial charge in [-0.2, -0.15) is 0 Å². The van der Waals surface area contributed by atoms with Crippen molar-refractivity contribution < 1.29 is 64.3 Å². The van der Waals surface area contributed by atoms with Crippen LogP contribution in [0.4, 0.5) is 36.6 Å². The molecular weight excluding hydrogens is 2070 g/mol. The quantitative estimate of drug-likeness (QED) is 0.0215. The minimum atomic E-state index is -0.404. The third kappa shape index (κ3) is 33.1. The average Bonchev–Trinajstić information content (AvgIpc) is 1.74. The molecule has 15 nitrogen and oxygen atoms in total. The van der Waals surface area contributed by atoms with Gasteiger partial charge in [0.1, 0.15) is 40.7 Å². The number of ketones is 7. The van der Waals surface area contributed by atoms with Gasteiger partial charge in [0.2, 0.25) is 11.6 Å². The Kier molecular flexibility index (Phi) is 47.3. The lowest BCUT2D eigenvalue weighted by Crippen LogP contribution is -2.15. The van der Waals surface area contributed by atoms with E-state index in [9.17, 15) is 64.3 Å². The molecule has 30 heteroatoms. The molecule has 4 atom stereocenters. The van der Waals surface area contributed by atoms with Gasteiger partial charge in [0.15, 0.2) is 40.4 Å². The molecule has 7 aromatic heterocycles. The molecule has 0 bridgehead atoms. The van der Waals surface area contributed by atoms with Crippen LogP contribution < -0.4 is 0 Å². The summed E-state index contributed by atoms with van der Waals surface area (Å²) >= 11 is 45.6. The number of hydrogen-bond acceptors (Lipinski definition) is 7. The first kappa shape index (κ1) is 119. The summed E-state index contributed by atoms with van der Waals surface area (Å²) in [6.45, 7) is 33.4. The van der Waals surface area contributed by atoms with Crippen molar-refractivity contribution in [3.63, 3.8) is 0 Å². The lowest BCUT2D eigenvalue weighted by atomic mass is 9.88. The standard InChI is InChI=1S/C20H25ClFNO.3C17H19ClFNO.C15H14BrClFNO.C15H12ClFN2O.C14H13ClFNO/c1-4-5-8-15(20-16(21)9-6-10-17(20)22)13-19(24)18-11-7-12-23(18)14(2)3;3*1-11(2)20-9-5-8-15(20)16(21)10-12(3)17-13(18)6-4-7-14(17)19;1-2-19-13(7-9-15(19)16)14(20)8-6-10-11(17)4-3-5-12(10)18;1-18-15-9-7-13(19(15)2)14(20)8-6-10-11(16)4-3-5-12(10)17;1-17-9-3-6-13(17)14(18)8-7-10-11(15)4-2-5-12(10)16/h6-7,9-12,14-15H,4-5,8,13H2,1-3H3;3*4-9,11-12H,10H2,1-3H3;3-5,7,9H,2,6,8H2,1H3;3-5,7,9H,6,8H2,2H3;2-6,9H,7-8H2,1H3/t;2*12-;;;;/m.10..../s1. The molecule has 7 aromatic carbocycles. The van der Waals surface area contributed by atoms with Crippen LogP contribution in [0.25, 0.3) is 4.85 Å². The summed E-state index contributed by atoms with van der Waals surface area (Å²) in [6.07, 6.45) is 14.5. The molecule has 0 aliphatic carbocycles. The minimum absolute atomic E-state index is 0.000481. The van der Waals surface area contributed by atoms with Crippen LogP contribution in [0.15, 0.2) is 248 Å². The normalized spacial score (nSPS) is 11.8. The third-order valence-electron chi connectivity index (χ3n) is 24.4. The van der Waals surface area contributed by atoms with E-state index in [1.165, 1.54) is 53.1 Å². The van der Waals surface area contributed by atoms with E-state index in [4.69, 9.17) is 87.8 Å². The average molecular weight is 2190 g/mol. The van der Waals surface area contributed by atoms with Gasteiger partial charge in [-0.05, 0) is 297 Å². The van der Waals surface area contributed by atoms with Crippen molar-refractivity contribution in [2.45, 2.75) is 228 Å². The van der Waals surface area contributed by atoms with E-state index in [-0.39, 0.29) is 175 Å². The highest BCUT2D eigenvalue weighted by atomic mass is 79.9. The van der Waals surface area contributed by atoms with E-state index >= 15 is 0 Å². The Morgan fingerprint density at radius 1 is 0.324 bits per heavy atom. The highest BCUT2D eigenvalue weighted by Crippen LogP contribution is 2.39. The summed E-state index contributed by atoms with van der Waals surface area (Å²) in [4.78, 5) is 89.7. The first-order chi connectivity index (χ1) is 68.9. The van der Waals surface area contributed by atoms with E-state index in [1.807, 2.05) is 186 Å². The molecule has 14 aromatic rings. The van der Waals surface area contributed by atoms with Gasteiger partial charge in [-0.15, -0.1) is 0 Å². The maximum absolute atomic E-state index is 14.3. The number of carbonyl (C=O) groups is 7. The number of nitrogens with zero attached hydrogens (tertiary/aromatic N) is 8. The van der Waals surface area contributed by atoms with Gasteiger partial charge in [-0.3, -0.25) is 38.1 Å². The van der Waals surface area contributed by atoms with Crippen molar-refractivity contribution in [1.82, 2.24) is 32.0 Å². The molecule has 0 spiro atoms. The molecule has 7 heterocycles. The fourth-order valence-corrected chi connectivity index (χ4v) is 19.5. The predicted octanol–water partition coefficient (Wildman–Crippen LogP) is 34.8. The number of rotatable bonds is 36. The van der Waals surface area contributed by atoms with Gasteiger partial charge in [0.05, 0.1) is 45.8 Å². The van der Waals surface area contributed by atoms with Crippen LogP contribution in [-0.2, 0) is 39.9 Å². The number of aromatic nitrogens is 7. The third-order valence-corrected chi connectivity index (χ3v) is 27.5. The highest BCUT2D eigenvalue weighted by Gasteiger charge is 2.29. The number of halogens is 15. The van der Waals surface area contributed by atoms with Gasteiger partial charge in [-0.25, -0.2) is 30.7 Å². The van der Waals surface area contributed by atoms with Gasteiger partial charge in [0, 0.05) is 188 Å². The molecule has 145 heavy (non-hydrogen) atoms. The zero-order chi connectivity index (χ0) is 107. The molecule has 0 saturated heterocycles. The summed E-state index contributed by atoms with van der Waals surface area (Å²) in [5.41, 5.74) is 7.22. The lowest BCUT2D eigenvalue weighted by Gasteiger charge is -2.20. The van der Waals surface area contributed by atoms with E-state index in [0.717, 1.165) is 23.9 Å². The zero-order valence-corrected chi connectivity index (χ0v) is 90.6.